The molecular weight excluding hydrogens is 302 g/mol. The lowest BCUT2D eigenvalue weighted by Crippen LogP contribution is -2.05. The fraction of sp³-hybridized carbons (Fsp3) is 0.368. The van der Waals surface area contributed by atoms with Gasteiger partial charge >= 0.3 is 0 Å². The largest absolute Gasteiger partial charge is 0.467 e. The van der Waals surface area contributed by atoms with Gasteiger partial charge in [-0.05, 0) is 56.5 Å². The summed E-state index contributed by atoms with van der Waals surface area (Å²) < 4.78 is 11.1. The van der Waals surface area contributed by atoms with Crippen LogP contribution in [-0.4, -0.2) is 23.6 Å². The molecule has 1 aromatic heterocycles. The van der Waals surface area contributed by atoms with E-state index in [1.54, 1.807) is 6.07 Å². The van der Waals surface area contributed by atoms with Crippen molar-refractivity contribution in [3.63, 3.8) is 0 Å². The van der Waals surface area contributed by atoms with Gasteiger partial charge in [-0.15, -0.1) is 10.2 Å². The summed E-state index contributed by atoms with van der Waals surface area (Å²) in [6, 6.07) is 7.68. The molecule has 5 heteroatoms. The van der Waals surface area contributed by atoms with E-state index in [9.17, 15) is 0 Å². The summed E-state index contributed by atoms with van der Waals surface area (Å²) >= 11 is 0. The Morgan fingerprint density at radius 2 is 2.08 bits per heavy atom. The van der Waals surface area contributed by atoms with Gasteiger partial charge in [-0.3, -0.25) is 0 Å². The van der Waals surface area contributed by atoms with Crippen LogP contribution in [0.5, 0.6) is 5.75 Å². The lowest BCUT2D eigenvalue weighted by molar-refractivity contribution is 0.0227. The maximum Gasteiger partial charge on any atom is 0.189 e. The van der Waals surface area contributed by atoms with Crippen LogP contribution in [0.4, 0.5) is 5.82 Å². The van der Waals surface area contributed by atoms with Crippen molar-refractivity contribution in [1.82, 2.24) is 10.2 Å². The monoisotopic (exact) mass is 323 g/mol. The van der Waals surface area contributed by atoms with Gasteiger partial charge in [0, 0.05) is 23.7 Å². The molecule has 0 radical (unpaired) electrons. The van der Waals surface area contributed by atoms with Crippen molar-refractivity contribution >= 4 is 5.82 Å². The number of anilines is 1. The highest BCUT2D eigenvalue weighted by molar-refractivity contribution is 5.71. The van der Waals surface area contributed by atoms with Gasteiger partial charge in [0.2, 0.25) is 0 Å². The third-order valence-electron chi connectivity index (χ3n) is 3.74. The molecule has 1 aliphatic carbocycles. The van der Waals surface area contributed by atoms with Gasteiger partial charge in [0.1, 0.15) is 11.6 Å². The van der Waals surface area contributed by atoms with Crippen molar-refractivity contribution in [2.45, 2.75) is 26.7 Å². The molecule has 0 spiro atoms. The van der Waals surface area contributed by atoms with Crippen LogP contribution in [0.15, 0.2) is 24.3 Å². The summed E-state index contributed by atoms with van der Waals surface area (Å²) in [5.74, 6) is 8.13. The Morgan fingerprint density at radius 3 is 2.79 bits per heavy atom. The van der Waals surface area contributed by atoms with Crippen LogP contribution >= 0.6 is 0 Å². The Kier molecular flexibility index (Phi) is 4.97. The molecule has 2 aromatic rings. The number of nitrogen functional groups attached to an aromatic ring is 1. The molecule has 1 fully saturated rings. The van der Waals surface area contributed by atoms with E-state index in [0.29, 0.717) is 24.1 Å². The number of hydrogen-bond donors (Lipinski definition) is 1. The predicted molar refractivity (Wildman–Crippen MR) is 93.3 cm³/mol. The summed E-state index contributed by atoms with van der Waals surface area (Å²) in [5.41, 5.74) is 9.18. The molecule has 0 atom stereocenters. The van der Waals surface area contributed by atoms with Crippen LogP contribution in [0.2, 0.25) is 0 Å². The minimum absolute atomic E-state index is 0.185. The van der Waals surface area contributed by atoms with E-state index < -0.39 is 0 Å². The molecule has 5 nitrogen and oxygen atoms in total. The fourth-order valence-electron chi connectivity index (χ4n) is 2.29. The molecule has 0 unspecified atom stereocenters. The average molecular weight is 323 g/mol. The first kappa shape index (κ1) is 16.3. The maximum atomic E-state index is 5.79. The summed E-state index contributed by atoms with van der Waals surface area (Å²) in [5, 5.41) is 8.18. The fourth-order valence-corrected chi connectivity index (χ4v) is 2.29. The second kappa shape index (κ2) is 7.33. The third kappa shape index (κ3) is 4.03. The number of hydrogen-bond acceptors (Lipinski definition) is 5. The van der Waals surface area contributed by atoms with Gasteiger partial charge in [0.25, 0.3) is 0 Å². The number of rotatable bonds is 5. The van der Waals surface area contributed by atoms with Gasteiger partial charge in [-0.1, -0.05) is 11.8 Å². The standard InChI is InChI=1S/C19H21N3O2/c1-3-23-12-24-17-11-15(7-6-14-4-5-14)8-9-16(17)19-13(2)10-18(20)21-22-19/h8-11,14H,3-5,12H2,1-2H3,(H2,20,21). The Bertz CT molecular complexity index is 789. The molecule has 2 N–H and O–H groups in total. The molecule has 1 aromatic carbocycles. The molecule has 3 rings (SSSR count). The van der Waals surface area contributed by atoms with E-state index in [2.05, 4.69) is 22.0 Å². The highest BCUT2D eigenvalue weighted by Gasteiger charge is 2.18. The lowest BCUT2D eigenvalue weighted by atomic mass is 10.0. The molecule has 0 aliphatic heterocycles. The zero-order valence-corrected chi connectivity index (χ0v) is 14.0. The summed E-state index contributed by atoms with van der Waals surface area (Å²) in [6.45, 7) is 4.66. The Labute approximate surface area is 142 Å². The highest BCUT2D eigenvalue weighted by atomic mass is 16.7. The van der Waals surface area contributed by atoms with Gasteiger partial charge < -0.3 is 15.2 Å². The first-order valence-corrected chi connectivity index (χ1v) is 8.13. The van der Waals surface area contributed by atoms with Crippen molar-refractivity contribution in [3.05, 3.63) is 35.4 Å². The normalized spacial score (nSPS) is 13.2. The lowest BCUT2D eigenvalue weighted by Gasteiger charge is -2.13. The smallest absolute Gasteiger partial charge is 0.189 e. The highest BCUT2D eigenvalue weighted by Crippen LogP contribution is 2.32. The van der Waals surface area contributed by atoms with Gasteiger partial charge in [0.15, 0.2) is 6.79 Å². The number of ether oxygens (including phenoxy) is 2. The van der Waals surface area contributed by atoms with Crippen molar-refractivity contribution < 1.29 is 9.47 Å². The first-order chi connectivity index (χ1) is 11.7. The molecule has 0 amide bonds. The van der Waals surface area contributed by atoms with Crippen molar-refractivity contribution in [1.29, 1.82) is 0 Å². The van der Waals surface area contributed by atoms with E-state index in [1.165, 1.54) is 12.8 Å². The molecule has 0 bridgehead atoms. The SMILES string of the molecule is CCOCOc1cc(C#CC2CC2)ccc1-c1nnc(N)cc1C. The van der Waals surface area contributed by atoms with E-state index in [1.807, 2.05) is 32.0 Å². The third-order valence-corrected chi connectivity index (χ3v) is 3.74. The van der Waals surface area contributed by atoms with Crippen LogP contribution in [0, 0.1) is 24.7 Å². The summed E-state index contributed by atoms with van der Waals surface area (Å²) in [4.78, 5) is 0. The number of benzene rings is 1. The molecule has 1 aliphatic rings. The van der Waals surface area contributed by atoms with Crippen LogP contribution in [-0.2, 0) is 4.74 Å². The average Bonchev–Trinajstić information content (AvgIpc) is 3.38. The van der Waals surface area contributed by atoms with Crippen LogP contribution < -0.4 is 10.5 Å². The molecular formula is C19H21N3O2. The van der Waals surface area contributed by atoms with E-state index in [0.717, 1.165) is 22.4 Å². The number of nitrogens with zero attached hydrogens (tertiary/aromatic N) is 2. The predicted octanol–water partition coefficient (Wildman–Crippen LogP) is 3.17. The minimum atomic E-state index is 0.185. The minimum Gasteiger partial charge on any atom is -0.467 e. The second-order valence-corrected chi connectivity index (χ2v) is 5.81. The molecule has 24 heavy (non-hydrogen) atoms. The zero-order chi connectivity index (χ0) is 16.9. The van der Waals surface area contributed by atoms with Crippen LogP contribution in [0.25, 0.3) is 11.3 Å². The van der Waals surface area contributed by atoms with Crippen molar-refractivity contribution in [3.8, 4) is 28.8 Å². The number of aromatic nitrogens is 2. The van der Waals surface area contributed by atoms with Gasteiger partial charge in [-0.2, -0.15) is 0 Å². The zero-order valence-electron chi connectivity index (χ0n) is 14.0. The van der Waals surface area contributed by atoms with E-state index in [4.69, 9.17) is 15.2 Å². The maximum absolute atomic E-state index is 5.79. The molecule has 1 saturated carbocycles. The quantitative estimate of drug-likeness (QED) is 0.520. The van der Waals surface area contributed by atoms with Crippen LogP contribution in [0.3, 0.4) is 0 Å². The number of nitrogens with two attached hydrogens (primary N) is 1. The Morgan fingerprint density at radius 1 is 1.25 bits per heavy atom. The van der Waals surface area contributed by atoms with E-state index >= 15 is 0 Å². The van der Waals surface area contributed by atoms with Crippen molar-refractivity contribution in [2.75, 3.05) is 19.1 Å². The Hall–Kier alpha value is -2.58. The Balaban J connectivity index is 1.95. The van der Waals surface area contributed by atoms with Crippen molar-refractivity contribution in [2.24, 2.45) is 5.92 Å². The van der Waals surface area contributed by atoms with Crippen LogP contribution in [0.1, 0.15) is 30.9 Å². The topological polar surface area (TPSA) is 70.3 Å². The molecule has 0 saturated heterocycles. The molecule has 124 valence electrons. The summed E-state index contributed by atoms with van der Waals surface area (Å²) in [6.07, 6.45) is 2.41. The van der Waals surface area contributed by atoms with Gasteiger partial charge in [0.05, 0.1) is 5.69 Å². The molecule has 1 heterocycles. The summed E-state index contributed by atoms with van der Waals surface area (Å²) in [7, 11) is 0. The first-order valence-electron chi connectivity index (χ1n) is 8.13. The second-order valence-electron chi connectivity index (χ2n) is 5.81. The van der Waals surface area contributed by atoms with E-state index in [-0.39, 0.29) is 6.79 Å². The van der Waals surface area contributed by atoms with Gasteiger partial charge in [-0.25, -0.2) is 0 Å². The number of aryl methyl sites for hydroxylation is 1.